The summed E-state index contributed by atoms with van der Waals surface area (Å²) >= 11 is 0. The number of ether oxygens (including phenoxy) is 2. The minimum Gasteiger partial charge on any atom is -0.490 e. The van der Waals surface area contributed by atoms with E-state index >= 15 is 0 Å². The molecule has 3 aromatic rings. The molecule has 30 heavy (non-hydrogen) atoms. The van der Waals surface area contributed by atoms with Gasteiger partial charge in [0, 0.05) is 17.8 Å². The highest BCUT2D eigenvalue weighted by Gasteiger charge is 2.13. The second-order valence-corrected chi connectivity index (χ2v) is 6.40. The lowest BCUT2D eigenvalue weighted by Crippen LogP contribution is -2.22. The quantitative estimate of drug-likeness (QED) is 0.526. The van der Waals surface area contributed by atoms with Gasteiger partial charge in [-0.25, -0.2) is 0 Å². The van der Waals surface area contributed by atoms with Crippen LogP contribution in [0.3, 0.4) is 0 Å². The van der Waals surface area contributed by atoms with Gasteiger partial charge >= 0.3 is 0 Å². The van der Waals surface area contributed by atoms with Gasteiger partial charge in [-0.05, 0) is 49.4 Å². The van der Waals surface area contributed by atoms with Crippen molar-refractivity contribution in [1.29, 1.82) is 0 Å². The molecule has 0 atom stereocenters. The normalized spacial score (nSPS) is 10.2. The van der Waals surface area contributed by atoms with Crippen LogP contribution in [0.1, 0.15) is 27.6 Å². The van der Waals surface area contributed by atoms with Crippen molar-refractivity contribution < 1.29 is 19.1 Å². The number of hydrogen-bond acceptors (Lipinski definition) is 4. The number of nitrogens with one attached hydrogen (secondary N) is 2. The third kappa shape index (κ3) is 5.85. The van der Waals surface area contributed by atoms with Gasteiger partial charge in [-0.2, -0.15) is 0 Å². The monoisotopic (exact) mass is 404 g/mol. The van der Waals surface area contributed by atoms with Crippen LogP contribution in [-0.4, -0.2) is 31.6 Å². The molecule has 0 fully saturated rings. The highest BCUT2D eigenvalue weighted by molar-refractivity contribution is 6.06. The maximum atomic E-state index is 12.8. The number of benzene rings is 3. The molecule has 6 heteroatoms. The van der Waals surface area contributed by atoms with Crippen LogP contribution in [-0.2, 0) is 0 Å². The molecule has 0 spiro atoms. The Kier molecular flexibility index (Phi) is 7.44. The van der Waals surface area contributed by atoms with E-state index in [0.717, 1.165) is 5.75 Å². The van der Waals surface area contributed by atoms with E-state index in [0.29, 0.717) is 42.3 Å². The first-order valence-corrected chi connectivity index (χ1v) is 9.76. The first-order chi connectivity index (χ1) is 14.7. The molecule has 0 heterocycles. The molecule has 0 saturated carbocycles. The summed E-state index contributed by atoms with van der Waals surface area (Å²) in [6.45, 7) is 3.04. The van der Waals surface area contributed by atoms with E-state index in [1.165, 1.54) is 0 Å². The zero-order valence-electron chi connectivity index (χ0n) is 16.8. The Bertz CT molecular complexity index is 989. The number of amides is 2. The van der Waals surface area contributed by atoms with Gasteiger partial charge in [-0.1, -0.05) is 36.4 Å². The minimum absolute atomic E-state index is 0.184. The zero-order chi connectivity index (χ0) is 21.2. The van der Waals surface area contributed by atoms with Crippen molar-refractivity contribution in [1.82, 2.24) is 5.32 Å². The summed E-state index contributed by atoms with van der Waals surface area (Å²) in [7, 11) is 0. The van der Waals surface area contributed by atoms with Crippen LogP contribution >= 0.6 is 0 Å². The Morgan fingerprint density at radius 2 is 1.53 bits per heavy atom. The number of rotatable bonds is 9. The highest BCUT2D eigenvalue weighted by Crippen LogP contribution is 2.20. The number of para-hydroxylation sites is 2. The van der Waals surface area contributed by atoms with Crippen LogP contribution in [0.25, 0.3) is 0 Å². The fourth-order valence-corrected chi connectivity index (χ4v) is 2.81. The van der Waals surface area contributed by atoms with E-state index in [-0.39, 0.29) is 11.8 Å². The Morgan fingerprint density at radius 3 is 2.33 bits per heavy atom. The molecule has 0 aliphatic heterocycles. The van der Waals surface area contributed by atoms with Gasteiger partial charge < -0.3 is 20.1 Å². The highest BCUT2D eigenvalue weighted by atomic mass is 16.5. The van der Waals surface area contributed by atoms with E-state index in [1.807, 2.05) is 37.3 Å². The van der Waals surface area contributed by atoms with Gasteiger partial charge in [0.15, 0.2) is 0 Å². The molecule has 3 rings (SSSR count). The maximum Gasteiger partial charge on any atom is 0.259 e. The predicted octanol–water partition coefficient (Wildman–Crippen LogP) is 4.15. The number of carbonyl (C=O) groups excluding carboxylic acids is 2. The van der Waals surface area contributed by atoms with Crippen LogP contribution in [0.15, 0.2) is 78.9 Å². The first kappa shape index (κ1) is 20.9. The van der Waals surface area contributed by atoms with Gasteiger partial charge in [0.25, 0.3) is 11.8 Å². The molecule has 0 aliphatic carbocycles. The largest absolute Gasteiger partial charge is 0.490 e. The molecule has 0 aromatic heterocycles. The molecule has 3 aromatic carbocycles. The molecule has 0 aliphatic rings. The molecular formula is C24H24N2O4. The maximum absolute atomic E-state index is 12.8. The van der Waals surface area contributed by atoms with Gasteiger partial charge in [0.05, 0.1) is 5.56 Å². The van der Waals surface area contributed by atoms with Crippen LogP contribution < -0.4 is 20.1 Å². The Hall–Kier alpha value is -3.80. The number of hydrogen-bond donors (Lipinski definition) is 2. The number of carbonyl (C=O) groups is 2. The summed E-state index contributed by atoms with van der Waals surface area (Å²) < 4.78 is 11.4. The molecule has 0 unspecified atom stereocenters. The van der Waals surface area contributed by atoms with E-state index in [1.54, 1.807) is 48.5 Å². The summed E-state index contributed by atoms with van der Waals surface area (Å²) in [5, 5.41) is 5.56. The van der Waals surface area contributed by atoms with Crippen molar-refractivity contribution in [3.63, 3.8) is 0 Å². The zero-order valence-corrected chi connectivity index (χ0v) is 16.8. The van der Waals surface area contributed by atoms with Crippen molar-refractivity contribution in [2.24, 2.45) is 0 Å². The van der Waals surface area contributed by atoms with Gasteiger partial charge in [-0.15, -0.1) is 0 Å². The van der Waals surface area contributed by atoms with Gasteiger partial charge in [0.2, 0.25) is 0 Å². The van der Waals surface area contributed by atoms with E-state index in [4.69, 9.17) is 9.47 Å². The van der Waals surface area contributed by atoms with Crippen LogP contribution in [0.2, 0.25) is 0 Å². The molecule has 0 bridgehead atoms. The predicted molar refractivity (Wildman–Crippen MR) is 116 cm³/mol. The van der Waals surface area contributed by atoms with Crippen LogP contribution in [0.4, 0.5) is 5.69 Å². The van der Waals surface area contributed by atoms with Crippen LogP contribution in [0.5, 0.6) is 11.5 Å². The summed E-state index contributed by atoms with van der Waals surface area (Å²) in [4.78, 5) is 24.8. The Balaban J connectivity index is 1.61. The van der Waals surface area contributed by atoms with Crippen molar-refractivity contribution >= 4 is 17.5 Å². The Morgan fingerprint density at radius 1 is 0.800 bits per heavy atom. The molecule has 2 amide bonds. The molecule has 0 radical (unpaired) electrons. The third-order valence-corrected chi connectivity index (χ3v) is 4.20. The van der Waals surface area contributed by atoms with Gasteiger partial charge in [-0.3, -0.25) is 9.59 Å². The van der Waals surface area contributed by atoms with Crippen molar-refractivity contribution in [3.8, 4) is 11.5 Å². The number of anilines is 1. The van der Waals surface area contributed by atoms with E-state index in [9.17, 15) is 9.59 Å². The molecule has 154 valence electrons. The van der Waals surface area contributed by atoms with Crippen molar-refractivity contribution in [2.75, 3.05) is 25.1 Å². The fourth-order valence-electron chi connectivity index (χ4n) is 2.81. The molecular weight excluding hydrogens is 380 g/mol. The molecule has 0 saturated heterocycles. The minimum atomic E-state index is -0.317. The lowest BCUT2D eigenvalue weighted by atomic mass is 10.1. The van der Waals surface area contributed by atoms with Crippen molar-refractivity contribution in [3.05, 3.63) is 90.0 Å². The second-order valence-electron chi connectivity index (χ2n) is 6.40. The standard InChI is InChI=1S/C24H24N2O4/c1-2-25-23(27)18-9-8-10-19(17-18)26-24(28)21-13-6-7-14-22(21)30-16-15-29-20-11-4-3-5-12-20/h3-14,17H,2,15-16H2,1H3,(H,25,27)(H,26,28). The average molecular weight is 404 g/mol. The summed E-state index contributed by atoms with van der Waals surface area (Å²) in [5.74, 6) is 0.726. The van der Waals surface area contributed by atoms with Crippen LogP contribution in [0, 0.1) is 0 Å². The van der Waals surface area contributed by atoms with Gasteiger partial charge in [0.1, 0.15) is 24.7 Å². The topological polar surface area (TPSA) is 76.7 Å². The first-order valence-electron chi connectivity index (χ1n) is 9.76. The smallest absolute Gasteiger partial charge is 0.259 e. The van der Waals surface area contributed by atoms with Crippen molar-refractivity contribution in [2.45, 2.75) is 6.92 Å². The lowest BCUT2D eigenvalue weighted by Gasteiger charge is -2.13. The third-order valence-electron chi connectivity index (χ3n) is 4.20. The fraction of sp³-hybridized carbons (Fsp3) is 0.167. The summed E-state index contributed by atoms with van der Waals surface area (Å²) in [6.07, 6.45) is 0. The lowest BCUT2D eigenvalue weighted by molar-refractivity contribution is 0.0954. The summed E-state index contributed by atoms with van der Waals surface area (Å²) in [5.41, 5.74) is 1.42. The SMILES string of the molecule is CCNC(=O)c1cccc(NC(=O)c2ccccc2OCCOc2ccccc2)c1. The molecule has 2 N–H and O–H groups in total. The molecule has 6 nitrogen and oxygen atoms in total. The van der Waals surface area contributed by atoms with E-state index < -0.39 is 0 Å². The average Bonchev–Trinajstić information content (AvgIpc) is 2.78. The second kappa shape index (κ2) is 10.7. The van der Waals surface area contributed by atoms with E-state index in [2.05, 4.69) is 10.6 Å². The Labute approximate surface area is 175 Å². The summed E-state index contributed by atoms with van der Waals surface area (Å²) in [6, 6.07) is 23.3.